The summed E-state index contributed by atoms with van der Waals surface area (Å²) in [7, 11) is -2.99. The molecule has 1 fully saturated rings. The summed E-state index contributed by atoms with van der Waals surface area (Å²) in [6.45, 7) is 3.96. The van der Waals surface area contributed by atoms with Crippen LogP contribution in [0.15, 0.2) is 0 Å². The number of carbonyl (C=O) groups is 1. The van der Waals surface area contributed by atoms with E-state index in [-0.39, 0.29) is 17.4 Å². The fourth-order valence-electron chi connectivity index (χ4n) is 1.49. The molecule has 0 spiro atoms. The topological polar surface area (TPSA) is 89.3 Å². The van der Waals surface area contributed by atoms with E-state index < -0.39 is 21.3 Å². The first-order valence-corrected chi connectivity index (χ1v) is 6.80. The van der Waals surface area contributed by atoms with Crippen molar-refractivity contribution in [1.82, 2.24) is 5.32 Å². The van der Waals surface area contributed by atoms with E-state index in [9.17, 15) is 13.2 Å². The Kier molecular flexibility index (Phi) is 3.40. The van der Waals surface area contributed by atoms with Crippen molar-refractivity contribution >= 4 is 15.7 Å². The number of nitrogens with one attached hydrogen (secondary N) is 1. The van der Waals surface area contributed by atoms with E-state index in [4.69, 9.17) is 5.73 Å². The summed E-state index contributed by atoms with van der Waals surface area (Å²) in [4.78, 5) is 11.7. The number of amides is 1. The molecule has 3 N–H and O–H groups in total. The molecule has 1 heterocycles. The minimum atomic E-state index is -2.99. The largest absolute Gasteiger partial charge is 0.350 e. The van der Waals surface area contributed by atoms with Crippen LogP contribution in [0.25, 0.3) is 0 Å². The number of sulfone groups is 1. The average Bonchev–Trinajstić information content (AvgIpc) is 2.45. The highest BCUT2D eigenvalue weighted by molar-refractivity contribution is 7.91. The molecular formula is C9H18N2O3S. The van der Waals surface area contributed by atoms with Crippen LogP contribution in [0.2, 0.25) is 0 Å². The van der Waals surface area contributed by atoms with E-state index in [0.717, 1.165) is 0 Å². The van der Waals surface area contributed by atoms with E-state index in [0.29, 0.717) is 13.0 Å². The van der Waals surface area contributed by atoms with Gasteiger partial charge in [0.25, 0.3) is 0 Å². The molecule has 0 aromatic carbocycles. The van der Waals surface area contributed by atoms with Crippen LogP contribution < -0.4 is 11.1 Å². The first kappa shape index (κ1) is 12.4. The molecule has 5 nitrogen and oxygen atoms in total. The fraction of sp³-hybridized carbons (Fsp3) is 0.889. The van der Waals surface area contributed by atoms with Gasteiger partial charge in [0.2, 0.25) is 5.91 Å². The van der Waals surface area contributed by atoms with Gasteiger partial charge >= 0.3 is 0 Å². The summed E-state index contributed by atoms with van der Waals surface area (Å²) in [6.07, 6.45) is 0.425. The van der Waals surface area contributed by atoms with Gasteiger partial charge < -0.3 is 11.1 Å². The van der Waals surface area contributed by atoms with Crippen LogP contribution >= 0.6 is 0 Å². The molecule has 0 saturated carbocycles. The van der Waals surface area contributed by atoms with Gasteiger partial charge in [0.05, 0.1) is 17.4 Å². The maximum Gasteiger partial charge on any atom is 0.224 e. The van der Waals surface area contributed by atoms with Gasteiger partial charge in [-0.05, 0) is 20.3 Å². The summed E-state index contributed by atoms with van der Waals surface area (Å²) < 4.78 is 22.4. The summed E-state index contributed by atoms with van der Waals surface area (Å²) in [5.74, 6) is -0.513. The van der Waals surface area contributed by atoms with Gasteiger partial charge in [-0.2, -0.15) is 0 Å². The van der Waals surface area contributed by atoms with Crippen molar-refractivity contribution in [3.05, 3.63) is 0 Å². The zero-order valence-electron chi connectivity index (χ0n) is 9.12. The summed E-state index contributed by atoms with van der Waals surface area (Å²) in [5.41, 5.74) is 5.00. The van der Waals surface area contributed by atoms with Crippen LogP contribution in [-0.4, -0.2) is 37.9 Å². The summed E-state index contributed by atoms with van der Waals surface area (Å²) >= 11 is 0. The molecule has 0 bridgehead atoms. The van der Waals surface area contributed by atoms with Gasteiger partial charge in [-0.25, -0.2) is 8.42 Å². The van der Waals surface area contributed by atoms with Gasteiger partial charge in [0.15, 0.2) is 9.84 Å². The van der Waals surface area contributed by atoms with Crippen LogP contribution in [0.3, 0.4) is 0 Å². The van der Waals surface area contributed by atoms with Crippen LogP contribution in [0.1, 0.15) is 20.3 Å². The molecule has 1 aliphatic rings. The quantitative estimate of drug-likeness (QED) is 0.674. The number of rotatable bonds is 3. The van der Waals surface area contributed by atoms with Crippen molar-refractivity contribution in [2.24, 2.45) is 11.7 Å². The summed E-state index contributed by atoms with van der Waals surface area (Å²) in [5, 5.41) is 2.76. The van der Waals surface area contributed by atoms with Crippen LogP contribution in [0.4, 0.5) is 0 Å². The number of hydrogen-bond acceptors (Lipinski definition) is 4. The third-order valence-electron chi connectivity index (χ3n) is 2.58. The fourth-order valence-corrected chi connectivity index (χ4v) is 3.23. The molecule has 1 unspecified atom stereocenters. The van der Waals surface area contributed by atoms with Crippen LogP contribution in [0.5, 0.6) is 0 Å². The lowest BCUT2D eigenvalue weighted by atomic mass is 10.0. The predicted molar refractivity (Wildman–Crippen MR) is 58.0 cm³/mol. The lowest BCUT2D eigenvalue weighted by Crippen LogP contribution is -2.51. The minimum Gasteiger partial charge on any atom is -0.350 e. The van der Waals surface area contributed by atoms with Crippen molar-refractivity contribution in [3.63, 3.8) is 0 Å². The van der Waals surface area contributed by atoms with Gasteiger partial charge in [-0.1, -0.05) is 0 Å². The predicted octanol–water partition coefficient (Wildman–Crippen LogP) is -0.725. The van der Waals surface area contributed by atoms with Crippen LogP contribution in [0, 0.1) is 5.92 Å². The molecule has 0 aromatic heterocycles. The molecule has 1 aliphatic heterocycles. The van der Waals surface area contributed by atoms with E-state index in [2.05, 4.69) is 5.32 Å². The normalized spacial score (nSPS) is 25.1. The van der Waals surface area contributed by atoms with Gasteiger partial charge in [-0.15, -0.1) is 0 Å². The molecule has 1 saturated heterocycles. The van der Waals surface area contributed by atoms with Crippen LogP contribution in [-0.2, 0) is 14.6 Å². The zero-order chi connectivity index (χ0) is 11.7. The third kappa shape index (κ3) is 3.46. The smallest absolute Gasteiger partial charge is 0.224 e. The number of nitrogens with two attached hydrogens (primary N) is 1. The Labute approximate surface area is 90.3 Å². The monoisotopic (exact) mass is 234 g/mol. The van der Waals surface area contributed by atoms with E-state index in [1.165, 1.54) is 0 Å². The molecule has 0 radical (unpaired) electrons. The van der Waals surface area contributed by atoms with E-state index in [1.54, 1.807) is 0 Å². The molecule has 15 heavy (non-hydrogen) atoms. The Morgan fingerprint density at radius 1 is 1.53 bits per heavy atom. The van der Waals surface area contributed by atoms with Crippen molar-refractivity contribution < 1.29 is 13.2 Å². The molecule has 1 atom stereocenters. The Morgan fingerprint density at radius 3 is 2.53 bits per heavy atom. The second kappa shape index (κ2) is 4.09. The average molecular weight is 234 g/mol. The van der Waals surface area contributed by atoms with Crippen molar-refractivity contribution in [2.45, 2.75) is 25.8 Å². The van der Waals surface area contributed by atoms with Gasteiger partial charge in [0, 0.05) is 12.1 Å². The maximum absolute atomic E-state index is 11.7. The third-order valence-corrected chi connectivity index (χ3v) is 4.34. The molecular weight excluding hydrogens is 216 g/mol. The Balaban J connectivity index is 2.57. The lowest BCUT2D eigenvalue weighted by molar-refractivity contribution is -0.125. The van der Waals surface area contributed by atoms with Gasteiger partial charge in [-0.3, -0.25) is 4.79 Å². The number of carbonyl (C=O) groups excluding carboxylic acids is 1. The Bertz CT molecular complexity index is 348. The molecule has 1 rings (SSSR count). The zero-order valence-corrected chi connectivity index (χ0v) is 9.93. The lowest BCUT2D eigenvalue weighted by Gasteiger charge is -2.25. The second-order valence-electron chi connectivity index (χ2n) is 4.68. The van der Waals surface area contributed by atoms with Crippen molar-refractivity contribution in [3.8, 4) is 0 Å². The number of hydrogen-bond donors (Lipinski definition) is 2. The highest BCUT2D eigenvalue weighted by atomic mass is 32.2. The Hall–Kier alpha value is -0.620. The Morgan fingerprint density at radius 2 is 2.13 bits per heavy atom. The SMILES string of the molecule is CC(C)(CN)NC(=O)C1CCS(=O)(=O)C1. The van der Waals surface area contributed by atoms with Gasteiger partial charge in [0.1, 0.15) is 0 Å². The molecule has 0 aliphatic carbocycles. The molecule has 0 aromatic rings. The first-order chi connectivity index (χ1) is 6.76. The molecule has 6 heteroatoms. The van der Waals surface area contributed by atoms with Crippen molar-refractivity contribution in [2.75, 3.05) is 18.1 Å². The molecule has 1 amide bonds. The highest BCUT2D eigenvalue weighted by Gasteiger charge is 2.34. The first-order valence-electron chi connectivity index (χ1n) is 4.98. The highest BCUT2D eigenvalue weighted by Crippen LogP contribution is 2.19. The maximum atomic E-state index is 11.7. The van der Waals surface area contributed by atoms with E-state index >= 15 is 0 Å². The second-order valence-corrected chi connectivity index (χ2v) is 6.91. The standard InChI is InChI=1S/C9H18N2O3S/c1-9(2,6-10)11-8(12)7-3-4-15(13,14)5-7/h7H,3-6,10H2,1-2H3,(H,11,12). The van der Waals surface area contributed by atoms with E-state index in [1.807, 2.05) is 13.8 Å². The van der Waals surface area contributed by atoms with Crippen molar-refractivity contribution in [1.29, 1.82) is 0 Å². The molecule has 88 valence electrons. The summed E-state index contributed by atoms with van der Waals surface area (Å²) in [6, 6.07) is 0. The minimum absolute atomic E-state index is 0.0283.